The number of nitriles is 1. The van der Waals surface area contributed by atoms with Crippen LogP contribution in [0.2, 0.25) is 0 Å². The molecule has 1 rings (SSSR count). The Bertz CT molecular complexity index is 425. The first-order valence-corrected chi connectivity index (χ1v) is 4.89. The second-order valence-electron chi connectivity index (χ2n) is 4.21. The summed E-state index contributed by atoms with van der Waals surface area (Å²) in [5.41, 5.74) is -1.67. The highest BCUT2D eigenvalue weighted by molar-refractivity contribution is 5.35. The highest BCUT2D eigenvalue weighted by Gasteiger charge is 2.36. The summed E-state index contributed by atoms with van der Waals surface area (Å²) in [6.07, 6.45) is 0. The van der Waals surface area contributed by atoms with Crippen LogP contribution in [-0.4, -0.2) is 0 Å². The minimum atomic E-state index is -1.30. The van der Waals surface area contributed by atoms with Crippen molar-refractivity contribution in [1.29, 1.82) is 5.26 Å². The molecule has 0 radical (unpaired) electrons. The van der Waals surface area contributed by atoms with Crippen molar-refractivity contribution in [3.63, 3.8) is 0 Å². The van der Waals surface area contributed by atoms with Gasteiger partial charge in [0.1, 0.15) is 17.5 Å². The monoisotopic (exact) mass is 227 g/mol. The second-order valence-corrected chi connectivity index (χ2v) is 4.21. The molecule has 0 spiro atoms. The fraction of sp³-hybridized carbons (Fsp3) is 0.417. The van der Waals surface area contributed by atoms with Gasteiger partial charge in [-0.2, -0.15) is 5.26 Å². The molecule has 1 aromatic carbocycles. The largest absolute Gasteiger partial charge is 0.207 e. The van der Waals surface area contributed by atoms with Gasteiger partial charge in [0.05, 0.1) is 11.5 Å². The lowest BCUT2D eigenvalue weighted by Crippen LogP contribution is -2.29. The number of rotatable bonds is 2. The molecular weight excluding hydrogens is 215 g/mol. The number of benzene rings is 1. The molecule has 0 N–H and O–H groups in total. The molecule has 1 aromatic rings. The van der Waals surface area contributed by atoms with Gasteiger partial charge in [0.25, 0.3) is 0 Å². The second kappa shape index (κ2) is 4.17. The highest BCUT2D eigenvalue weighted by atomic mass is 19.1. The van der Waals surface area contributed by atoms with E-state index in [-0.39, 0.29) is 11.5 Å². The van der Waals surface area contributed by atoms with Crippen molar-refractivity contribution in [2.75, 3.05) is 0 Å². The quantitative estimate of drug-likeness (QED) is 0.758. The normalized spacial score (nSPS) is 14.6. The Morgan fingerprint density at radius 2 is 1.62 bits per heavy atom. The Morgan fingerprint density at radius 3 is 1.94 bits per heavy atom. The van der Waals surface area contributed by atoms with Gasteiger partial charge >= 0.3 is 0 Å². The first-order valence-electron chi connectivity index (χ1n) is 4.89. The van der Waals surface area contributed by atoms with Gasteiger partial charge in [-0.25, -0.2) is 13.2 Å². The van der Waals surface area contributed by atoms with E-state index < -0.39 is 22.9 Å². The Morgan fingerprint density at radius 1 is 1.19 bits per heavy atom. The first kappa shape index (κ1) is 12.6. The lowest BCUT2D eigenvalue weighted by Gasteiger charge is -2.27. The third kappa shape index (κ3) is 1.90. The molecule has 1 atom stereocenters. The van der Waals surface area contributed by atoms with Gasteiger partial charge in [-0.05, 0) is 12.8 Å². The predicted molar refractivity (Wildman–Crippen MR) is 54.1 cm³/mol. The van der Waals surface area contributed by atoms with Crippen LogP contribution in [0.4, 0.5) is 13.2 Å². The maximum Gasteiger partial charge on any atom is 0.133 e. The summed E-state index contributed by atoms with van der Waals surface area (Å²) < 4.78 is 39.8. The van der Waals surface area contributed by atoms with Crippen LogP contribution in [0.3, 0.4) is 0 Å². The van der Waals surface area contributed by atoms with E-state index in [9.17, 15) is 13.2 Å². The highest BCUT2D eigenvalue weighted by Crippen LogP contribution is 2.35. The Kier molecular flexibility index (Phi) is 3.27. The van der Waals surface area contributed by atoms with Crippen molar-refractivity contribution in [2.45, 2.75) is 26.2 Å². The third-order valence-corrected chi connectivity index (χ3v) is 2.91. The summed E-state index contributed by atoms with van der Waals surface area (Å²) in [7, 11) is 0. The number of hydrogen-bond acceptors (Lipinski definition) is 1. The maximum absolute atomic E-state index is 13.5. The lowest BCUT2D eigenvalue weighted by molar-refractivity contribution is 0.387. The average molecular weight is 227 g/mol. The van der Waals surface area contributed by atoms with E-state index in [4.69, 9.17) is 5.26 Å². The Labute approximate surface area is 92.5 Å². The maximum atomic E-state index is 13.5. The molecular formula is C12H12F3N. The van der Waals surface area contributed by atoms with Crippen LogP contribution in [-0.2, 0) is 5.41 Å². The molecule has 16 heavy (non-hydrogen) atoms. The van der Waals surface area contributed by atoms with Crippen molar-refractivity contribution < 1.29 is 13.2 Å². The number of nitrogens with zero attached hydrogens (tertiary/aromatic N) is 1. The predicted octanol–water partition coefficient (Wildman–Crippen LogP) is 3.54. The van der Waals surface area contributed by atoms with Crippen LogP contribution in [0.25, 0.3) is 0 Å². The minimum absolute atomic E-state index is 0.285. The molecule has 0 aliphatic carbocycles. The summed E-state index contributed by atoms with van der Waals surface area (Å²) in [4.78, 5) is 0. The number of hydrogen-bond donors (Lipinski definition) is 0. The molecule has 0 heterocycles. The van der Waals surface area contributed by atoms with Crippen LogP contribution in [0, 0.1) is 34.7 Å². The molecule has 4 heteroatoms. The molecule has 0 bridgehead atoms. The van der Waals surface area contributed by atoms with Crippen LogP contribution in [0.5, 0.6) is 0 Å². The molecule has 0 fully saturated rings. The third-order valence-electron chi connectivity index (χ3n) is 2.91. The van der Waals surface area contributed by atoms with Gasteiger partial charge in [-0.15, -0.1) is 0 Å². The summed E-state index contributed by atoms with van der Waals surface area (Å²) in [5.74, 6) is -3.31. The zero-order valence-electron chi connectivity index (χ0n) is 9.31. The van der Waals surface area contributed by atoms with Gasteiger partial charge in [0, 0.05) is 17.7 Å². The standard InChI is InChI=1S/C12H12F3N/c1-7(2)12(3,6-16)11-9(14)4-8(13)5-10(11)15/h4-5,7H,1-3H3. The van der Waals surface area contributed by atoms with Crippen molar-refractivity contribution >= 4 is 0 Å². The summed E-state index contributed by atoms with van der Waals surface area (Å²) >= 11 is 0. The minimum Gasteiger partial charge on any atom is -0.207 e. The molecule has 0 aromatic heterocycles. The van der Waals surface area contributed by atoms with Crippen LogP contribution in [0.1, 0.15) is 26.3 Å². The van der Waals surface area contributed by atoms with Crippen molar-refractivity contribution in [1.82, 2.24) is 0 Å². The first-order chi connectivity index (χ1) is 7.32. The van der Waals surface area contributed by atoms with Crippen molar-refractivity contribution in [3.8, 4) is 6.07 Å². The average Bonchev–Trinajstić information content (AvgIpc) is 2.15. The van der Waals surface area contributed by atoms with E-state index >= 15 is 0 Å². The molecule has 1 unspecified atom stereocenters. The van der Waals surface area contributed by atoms with E-state index in [1.54, 1.807) is 13.8 Å². The molecule has 0 saturated heterocycles. The molecule has 0 amide bonds. The zero-order valence-corrected chi connectivity index (χ0v) is 9.31. The van der Waals surface area contributed by atoms with Gasteiger partial charge in [-0.3, -0.25) is 0 Å². The summed E-state index contributed by atoms with van der Waals surface area (Å²) in [6.45, 7) is 4.81. The van der Waals surface area contributed by atoms with Crippen LogP contribution < -0.4 is 0 Å². The van der Waals surface area contributed by atoms with Crippen molar-refractivity contribution in [2.24, 2.45) is 5.92 Å². The van der Waals surface area contributed by atoms with Gasteiger partial charge in [0.2, 0.25) is 0 Å². The van der Waals surface area contributed by atoms with Gasteiger partial charge in [-0.1, -0.05) is 13.8 Å². The molecule has 0 aliphatic heterocycles. The molecule has 0 aliphatic rings. The summed E-state index contributed by atoms with van der Waals surface area (Å²) in [6, 6.07) is 3.08. The van der Waals surface area contributed by atoms with Crippen LogP contribution >= 0.6 is 0 Å². The SMILES string of the molecule is CC(C)C(C)(C#N)c1c(F)cc(F)cc1F. The van der Waals surface area contributed by atoms with Gasteiger partial charge < -0.3 is 0 Å². The van der Waals surface area contributed by atoms with Gasteiger partial charge in [0.15, 0.2) is 0 Å². The van der Waals surface area contributed by atoms with Crippen LogP contribution in [0.15, 0.2) is 12.1 Å². The van der Waals surface area contributed by atoms with E-state index in [0.29, 0.717) is 12.1 Å². The zero-order chi connectivity index (χ0) is 12.5. The topological polar surface area (TPSA) is 23.8 Å². The molecule has 86 valence electrons. The smallest absolute Gasteiger partial charge is 0.133 e. The van der Waals surface area contributed by atoms with Crippen molar-refractivity contribution in [3.05, 3.63) is 35.1 Å². The summed E-state index contributed by atoms with van der Waals surface area (Å²) in [5, 5.41) is 9.05. The fourth-order valence-corrected chi connectivity index (χ4v) is 1.51. The van der Waals surface area contributed by atoms with E-state index in [2.05, 4.69) is 0 Å². The Balaban J connectivity index is 3.50. The van der Waals surface area contributed by atoms with E-state index in [0.717, 1.165) is 0 Å². The Hall–Kier alpha value is -1.50. The number of halogens is 3. The molecule has 0 saturated carbocycles. The van der Waals surface area contributed by atoms with E-state index in [1.807, 2.05) is 6.07 Å². The molecule has 1 nitrogen and oxygen atoms in total. The van der Waals surface area contributed by atoms with E-state index in [1.165, 1.54) is 6.92 Å². The fourth-order valence-electron chi connectivity index (χ4n) is 1.51. The lowest BCUT2D eigenvalue weighted by atomic mass is 9.74.